The molecule has 0 saturated carbocycles. The summed E-state index contributed by atoms with van der Waals surface area (Å²) >= 11 is 0. The van der Waals surface area contributed by atoms with Crippen molar-refractivity contribution in [1.29, 1.82) is 0 Å². The maximum absolute atomic E-state index is 12.1. The third-order valence-corrected chi connectivity index (χ3v) is 4.02. The average Bonchev–Trinajstić information content (AvgIpc) is 2.68. The third kappa shape index (κ3) is 5.51. The number of rotatable bonds is 7. The Hall–Kier alpha value is -2.51. The topological polar surface area (TPSA) is 79.4 Å². The minimum Gasteiger partial charge on any atom is -0.379 e. The molecule has 2 aromatic rings. The van der Waals surface area contributed by atoms with E-state index in [0.29, 0.717) is 18.1 Å². The molecular formula is C18H23N5O2. The Morgan fingerprint density at radius 1 is 1.12 bits per heavy atom. The van der Waals surface area contributed by atoms with Crippen molar-refractivity contribution in [2.75, 3.05) is 44.7 Å². The third-order valence-electron chi connectivity index (χ3n) is 4.02. The summed E-state index contributed by atoms with van der Waals surface area (Å²) in [5, 5.41) is 6.07. The van der Waals surface area contributed by atoms with Crippen LogP contribution in [-0.2, 0) is 11.3 Å². The van der Waals surface area contributed by atoms with Gasteiger partial charge in [0, 0.05) is 32.7 Å². The van der Waals surface area contributed by atoms with Crippen LogP contribution >= 0.6 is 0 Å². The van der Waals surface area contributed by atoms with E-state index in [1.54, 1.807) is 6.20 Å². The Morgan fingerprint density at radius 2 is 1.92 bits per heavy atom. The molecule has 1 fully saturated rings. The Labute approximate surface area is 147 Å². The van der Waals surface area contributed by atoms with Gasteiger partial charge in [-0.05, 0) is 5.56 Å². The van der Waals surface area contributed by atoms with Gasteiger partial charge in [0.2, 0.25) is 0 Å². The number of ether oxygens (including phenoxy) is 1. The first-order chi connectivity index (χ1) is 12.3. The standard InChI is InChI=1S/C18H23N5O2/c24-18(22-12-15-4-2-1-3-5-15)16-13-21-17(14-20-16)19-6-7-23-8-10-25-11-9-23/h1-5,13-14H,6-12H2,(H,19,21)(H,22,24). The van der Waals surface area contributed by atoms with Gasteiger partial charge in [0.05, 0.1) is 25.6 Å². The van der Waals surface area contributed by atoms with Crippen LogP contribution in [0.2, 0.25) is 0 Å². The van der Waals surface area contributed by atoms with Crippen LogP contribution in [0.15, 0.2) is 42.7 Å². The summed E-state index contributed by atoms with van der Waals surface area (Å²) in [5.74, 6) is 0.448. The molecule has 1 saturated heterocycles. The molecule has 2 heterocycles. The molecule has 0 unspecified atom stereocenters. The van der Waals surface area contributed by atoms with Gasteiger partial charge in [0.15, 0.2) is 0 Å². The monoisotopic (exact) mass is 341 g/mol. The highest BCUT2D eigenvalue weighted by molar-refractivity contribution is 5.91. The van der Waals surface area contributed by atoms with E-state index < -0.39 is 0 Å². The second-order valence-corrected chi connectivity index (χ2v) is 5.84. The van der Waals surface area contributed by atoms with Gasteiger partial charge in [0.1, 0.15) is 11.5 Å². The highest BCUT2D eigenvalue weighted by Gasteiger charge is 2.10. The highest BCUT2D eigenvalue weighted by Crippen LogP contribution is 2.03. The maximum atomic E-state index is 12.1. The summed E-state index contributed by atoms with van der Waals surface area (Å²) in [6, 6.07) is 9.76. The second kappa shape index (κ2) is 9.10. The Morgan fingerprint density at radius 3 is 2.64 bits per heavy atom. The number of hydrogen-bond acceptors (Lipinski definition) is 6. The quantitative estimate of drug-likeness (QED) is 0.786. The van der Waals surface area contributed by atoms with Gasteiger partial charge in [-0.1, -0.05) is 30.3 Å². The molecule has 1 aromatic carbocycles. The number of carbonyl (C=O) groups excluding carboxylic acids is 1. The zero-order valence-electron chi connectivity index (χ0n) is 14.1. The van der Waals surface area contributed by atoms with Crippen LogP contribution in [0.5, 0.6) is 0 Å². The van der Waals surface area contributed by atoms with E-state index in [4.69, 9.17) is 4.74 Å². The number of amides is 1. The molecule has 132 valence electrons. The van der Waals surface area contributed by atoms with E-state index in [1.807, 2.05) is 30.3 Å². The fourth-order valence-electron chi connectivity index (χ4n) is 2.57. The van der Waals surface area contributed by atoms with Gasteiger partial charge >= 0.3 is 0 Å². The fourth-order valence-corrected chi connectivity index (χ4v) is 2.57. The van der Waals surface area contributed by atoms with E-state index >= 15 is 0 Å². The van der Waals surface area contributed by atoms with Gasteiger partial charge < -0.3 is 15.4 Å². The molecule has 0 radical (unpaired) electrons. The van der Waals surface area contributed by atoms with Gasteiger partial charge in [0.25, 0.3) is 5.91 Å². The zero-order chi connectivity index (χ0) is 17.3. The highest BCUT2D eigenvalue weighted by atomic mass is 16.5. The van der Waals surface area contributed by atoms with E-state index in [9.17, 15) is 4.79 Å². The summed E-state index contributed by atoms with van der Waals surface area (Å²) in [6.07, 6.45) is 3.09. The lowest BCUT2D eigenvalue weighted by atomic mass is 10.2. The van der Waals surface area contributed by atoms with Crippen molar-refractivity contribution in [1.82, 2.24) is 20.2 Å². The SMILES string of the molecule is O=C(NCc1ccccc1)c1cnc(NCCN2CCOCC2)cn1. The number of morpholine rings is 1. The van der Waals surface area contributed by atoms with Crippen molar-refractivity contribution < 1.29 is 9.53 Å². The number of aromatic nitrogens is 2. The number of nitrogens with one attached hydrogen (secondary N) is 2. The zero-order valence-corrected chi connectivity index (χ0v) is 14.1. The van der Waals surface area contributed by atoms with Gasteiger partial charge in [-0.3, -0.25) is 9.69 Å². The van der Waals surface area contributed by atoms with Crippen LogP contribution in [-0.4, -0.2) is 60.2 Å². The smallest absolute Gasteiger partial charge is 0.271 e. The Kier molecular flexibility index (Phi) is 6.30. The minimum atomic E-state index is -0.226. The van der Waals surface area contributed by atoms with Gasteiger partial charge in [-0.25, -0.2) is 9.97 Å². The molecule has 2 N–H and O–H groups in total. The van der Waals surface area contributed by atoms with Crippen LogP contribution in [0.25, 0.3) is 0 Å². The van der Waals surface area contributed by atoms with E-state index in [1.165, 1.54) is 6.20 Å². The van der Waals surface area contributed by atoms with E-state index in [-0.39, 0.29) is 5.91 Å². The fraction of sp³-hybridized carbons (Fsp3) is 0.389. The molecule has 25 heavy (non-hydrogen) atoms. The van der Waals surface area contributed by atoms with Crippen LogP contribution in [0.3, 0.4) is 0 Å². The summed E-state index contributed by atoms with van der Waals surface area (Å²) in [7, 11) is 0. The predicted octanol–water partition coefficient (Wildman–Crippen LogP) is 1.15. The lowest BCUT2D eigenvalue weighted by Gasteiger charge is -2.26. The Balaban J connectivity index is 1.42. The summed E-state index contributed by atoms with van der Waals surface area (Å²) in [6.45, 7) is 5.72. The van der Waals surface area contributed by atoms with Gasteiger partial charge in [-0.15, -0.1) is 0 Å². The second-order valence-electron chi connectivity index (χ2n) is 5.84. The average molecular weight is 341 g/mol. The molecule has 0 aliphatic carbocycles. The van der Waals surface area contributed by atoms with Crippen molar-refractivity contribution in [2.24, 2.45) is 0 Å². The summed E-state index contributed by atoms with van der Waals surface area (Å²) in [5.41, 5.74) is 1.36. The molecule has 0 atom stereocenters. The van der Waals surface area contributed by atoms with E-state index in [0.717, 1.165) is 45.0 Å². The molecule has 1 aliphatic rings. The first kappa shape index (κ1) is 17.3. The maximum Gasteiger partial charge on any atom is 0.271 e. The van der Waals surface area contributed by atoms with Crippen LogP contribution in [0.4, 0.5) is 5.82 Å². The van der Waals surface area contributed by atoms with E-state index in [2.05, 4.69) is 25.5 Å². The van der Waals surface area contributed by atoms with Crippen molar-refractivity contribution in [3.63, 3.8) is 0 Å². The molecule has 0 bridgehead atoms. The summed E-state index contributed by atoms with van der Waals surface area (Å²) in [4.78, 5) is 22.9. The molecule has 1 aliphatic heterocycles. The first-order valence-electron chi connectivity index (χ1n) is 8.49. The first-order valence-corrected chi connectivity index (χ1v) is 8.49. The molecule has 7 nitrogen and oxygen atoms in total. The minimum absolute atomic E-state index is 0.226. The van der Waals surface area contributed by atoms with Crippen molar-refractivity contribution in [3.05, 3.63) is 54.0 Å². The van der Waals surface area contributed by atoms with Crippen molar-refractivity contribution >= 4 is 11.7 Å². The molecular weight excluding hydrogens is 318 g/mol. The predicted molar refractivity (Wildman–Crippen MR) is 95.4 cm³/mol. The molecule has 7 heteroatoms. The number of anilines is 1. The largest absolute Gasteiger partial charge is 0.379 e. The molecule has 1 amide bonds. The normalized spacial score (nSPS) is 14.9. The van der Waals surface area contributed by atoms with Crippen LogP contribution < -0.4 is 10.6 Å². The molecule has 3 rings (SSSR count). The van der Waals surface area contributed by atoms with Crippen molar-refractivity contribution in [3.8, 4) is 0 Å². The van der Waals surface area contributed by atoms with Crippen molar-refractivity contribution in [2.45, 2.75) is 6.54 Å². The number of hydrogen-bond donors (Lipinski definition) is 2. The Bertz CT molecular complexity index is 657. The van der Waals surface area contributed by atoms with Crippen LogP contribution in [0.1, 0.15) is 16.1 Å². The van der Waals surface area contributed by atoms with Crippen LogP contribution in [0, 0.1) is 0 Å². The summed E-state index contributed by atoms with van der Waals surface area (Å²) < 4.78 is 5.33. The van der Waals surface area contributed by atoms with Gasteiger partial charge in [-0.2, -0.15) is 0 Å². The molecule has 1 aromatic heterocycles. The lowest BCUT2D eigenvalue weighted by Crippen LogP contribution is -2.39. The number of benzene rings is 1. The number of carbonyl (C=O) groups is 1. The lowest BCUT2D eigenvalue weighted by molar-refractivity contribution is 0.0398. The number of nitrogens with zero attached hydrogens (tertiary/aromatic N) is 3. The molecule has 0 spiro atoms.